The molecule has 0 aliphatic carbocycles. The van der Waals surface area contributed by atoms with Gasteiger partial charge in [-0.25, -0.2) is 4.68 Å². The molecule has 1 aliphatic rings. The average molecular weight is 555 g/mol. The molecule has 1 aliphatic heterocycles. The lowest BCUT2D eigenvalue weighted by molar-refractivity contribution is -0.111. The molecule has 41 heavy (non-hydrogen) atoms. The summed E-state index contributed by atoms with van der Waals surface area (Å²) in [5.41, 5.74) is 3.73. The van der Waals surface area contributed by atoms with Gasteiger partial charge in [-0.3, -0.25) is 9.69 Å². The fourth-order valence-electron chi connectivity index (χ4n) is 4.87. The summed E-state index contributed by atoms with van der Waals surface area (Å²) in [6, 6.07) is 21.3. The number of hydrogen-bond acceptors (Lipinski definition) is 6. The van der Waals surface area contributed by atoms with Crippen molar-refractivity contribution in [3.8, 4) is 11.4 Å². The van der Waals surface area contributed by atoms with E-state index in [0.717, 1.165) is 72.6 Å². The second-order valence-electron chi connectivity index (χ2n) is 11.4. The van der Waals surface area contributed by atoms with Crippen LogP contribution >= 0.6 is 0 Å². The van der Waals surface area contributed by atoms with Crippen LogP contribution in [0.4, 0.5) is 5.69 Å². The van der Waals surface area contributed by atoms with Crippen LogP contribution in [0.2, 0.25) is 0 Å². The Kier molecular flexibility index (Phi) is 8.42. The fourth-order valence-corrected chi connectivity index (χ4v) is 4.87. The summed E-state index contributed by atoms with van der Waals surface area (Å²) in [5.74, 6) is 0.324. The van der Waals surface area contributed by atoms with E-state index in [1.165, 1.54) is 0 Å². The Morgan fingerprint density at radius 1 is 1.05 bits per heavy atom. The summed E-state index contributed by atoms with van der Waals surface area (Å²) in [6.45, 7) is 12.9. The van der Waals surface area contributed by atoms with E-state index in [1.807, 2.05) is 73.7 Å². The summed E-state index contributed by atoms with van der Waals surface area (Å²) < 4.78 is 13.3. The minimum Gasteiger partial charge on any atom is -0.515 e. The SMILES string of the molecule is Cc1ccc(-n2nc(C(C)(C)C)cc2/C(=C/O)C(=O)Nc2ccc(OCCN3CCOCC3)c3ccccc23)cc1. The van der Waals surface area contributed by atoms with Crippen molar-refractivity contribution in [2.24, 2.45) is 0 Å². The van der Waals surface area contributed by atoms with Gasteiger partial charge in [0.25, 0.3) is 5.91 Å². The van der Waals surface area contributed by atoms with Crippen LogP contribution < -0.4 is 10.1 Å². The van der Waals surface area contributed by atoms with Gasteiger partial charge in [0.05, 0.1) is 42.1 Å². The molecule has 0 saturated carbocycles. The zero-order valence-corrected chi connectivity index (χ0v) is 24.2. The van der Waals surface area contributed by atoms with E-state index in [0.29, 0.717) is 18.0 Å². The van der Waals surface area contributed by atoms with Crippen molar-refractivity contribution in [3.05, 3.63) is 89.9 Å². The Morgan fingerprint density at radius 3 is 2.44 bits per heavy atom. The van der Waals surface area contributed by atoms with Gasteiger partial charge < -0.3 is 19.9 Å². The van der Waals surface area contributed by atoms with Gasteiger partial charge in [-0.2, -0.15) is 5.10 Å². The molecular weight excluding hydrogens is 516 g/mol. The Labute approximate surface area is 241 Å². The van der Waals surface area contributed by atoms with Gasteiger partial charge >= 0.3 is 0 Å². The lowest BCUT2D eigenvalue weighted by Crippen LogP contribution is -2.38. The molecule has 5 rings (SSSR count). The van der Waals surface area contributed by atoms with Crippen LogP contribution in [0.15, 0.2) is 73.0 Å². The van der Waals surface area contributed by atoms with E-state index in [4.69, 9.17) is 14.6 Å². The van der Waals surface area contributed by atoms with Crippen LogP contribution in [0, 0.1) is 6.92 Å². The number of anilines is 1. The predicted molar refractivity (Wildman–Crippen MR) is 163 cm³/mol. The molecule has 2 N–H and O–H groups in total. The molecule has 1 aromatic heterocycles. The summed E-state index contributed by atoms with van der Waals surface area (Å²) in [6.07, 6.45) is 0.856. The number of rotatable bonds is 8. The Hall–Kier alpha value is -4.14. The largest absolute Gasteiger partial charge is 0.515 e. The van der Waals surface area contributed by atoms with E-state index in [2.05, 4.69) is 31.0 Å². The minimum absolute atomic E-state index is 0.114. The highest BCUT2D eigenvalue weighted by Gasteiger charge is 2.25. The van der Waals surface area contributed by atoms with Crippen LogP contribution in [0.3, 0.4) is 0 Å². The van der Waals surface area contributed by atoms with Gasteiger partial charge in [-0.05, 0) is 37.3 Å². The summed E-state index contributed by atoms with van der Waals surface area (Å²) >= 11 is 0. The first kappa shape index (κ1) is 28.4. The van der Waals surface area contributed by atoms with Crippen molar-refractivity contribution in [2.45, 2.75) is 33.1 Å². The predicted octanol–water partition coefficient (Wildman–Crippen LogP) is 5.88. The molecule has 214 valence electrons. The standard InChI is InChI=1S/C33H38N4O4/c1-23-9-11-24(12-10-23)37-29(21-31(35-37)33(2,3)4)27(22-38)32(39)34-28-13-14-30(26-8-6-5-7-25(26)28)41-20-17-36-15-18-40-19-16-36/h5-14,21-22,38H,15-20H2,1-4H3,(H,34,39)/b27-22-. The van der Waals surface area contributed by atoms with E-state index in [1.54, 1.807) is 4.68 Å². The molecular formula is C33H38N4O4. The second kappa shape index (κ2) is 12.2. The van der Waals surface area contributed by atoms with E-state index in [9.17, 15) is 9.90 Å². The monoisotopic (exact) mass is 554 g/mol. The molecule has 3 aromatic carbocycles. The zero-order valence-electron chi connectivity index (χ0n) is 24.2. The van der Waals surface area contributed by atoms with Crippen molar-refractivity contribution >= 4 is 27.9 Å². The van der Waals surface area contributed by atoms with Gasteiger partial charge in [-0.1, -0.05) is 62.7 Å². The first-order valence-electron chi connectivity index (χ1n) is 14.0. The Morgan fingerprint density at radius 2 is 1.76 bits per heavy atom. The van der Waals surface area contributed by atoms with Crippen molar-refractivity contribution in [1.82, 2.24) is 14.7 Å². The first-order chi connectivity index (χ1) is 19.7. The number of benzene rings is 3. The van der Waals surface area contributed by atoms with E-state index in [-0.39, 0.29) is 11.0 Å². The van der Waals surface area contributed by atoms with Crippen LogP contribution in [0.5, 0.6) is 5.75 Å². The number of carbonyl (C=O) groups is 1. The van der Waals surface area contributed by atoms with Crippen molar-refractivity contribution in [2.75, 3.05) is 44.8 Å². The lowest BCUT2D eigenvalue weighted by Gasteiger charge is -2.26. The third-order valence-electron chi connectivity index (χ3n) is 7.31. The summed E-state index contributed by atoms with van der Waals surface area (Å²) in [5, 5.41) is 19.9. The molecule has 1 fully saturated rings. The number of ether oxygens (including phenoxy) is 2. The number of carbonyl (C=O) groups excluding carboxylic acids is 1. The number of nitrogens with zero attached hydrogens (tertiary/aromatic N) is 3. The van der Waals surface area contributed by atoms with Gasteiger partial charge in [-0.15, -0.1) is 0 Å². The highest BCUT2D eigenvalue weighted by molar-refractivity contribution is 6.26. The number of aryl methyl sites for hydroxylation is 1. The highest BCUT2D eigenvalue weighted by Crippen LogP contribution is 2.33. The highest BCUT2D eigenvalue weighted by atomic mass is 16.5. The van der Waals surface area contributed by atoms with E-state index >= 15 is 0 Å². The summed E-state index contributed by atoms with van der Waals surface area (Å²) in [4.78, 5) is 16.0. The van der Waals surface area contributed by atoms with Gasteiger partial charge in [0.1, 0.15) is 12.4 Å². The third-order valence-corrected chi connectivity index (χ3v) is 7.31. The number of morpholine rings is 1. The van der Waals surface area contributed by atoms with Crippen molar-refractivity contribution in [3.63, 3.8) is 0 Å². The van der Waals surface area contributed by atoms with Crippen molar-refractivity contribution < 1.29 is 19.4 Å². The molecule has 0 atom stereocenters. The molecule has 0 spiro atoms. The molecule has 8 heteroatoms. The second-order valence-corrected chi connectivity index (χ2v) is 11.4. The van der Waals surface area contributed by atoms with Crippen LogP contribution in [-0.4, -0.2) is 65.1 Å². The lowest BCUT2D eigenvalue weighted by atomic mass is 9.92. The fraction of sp³-hybridized carbons (Fsp3) is 0.333. The number of amides is 1. The molecule has 4 aromatic rings. The molecule has 1 saturated heterocycles. The Balaban J connectivity index is 1.41. The van der Waals surface area contributed by atoms with Crippen LogP contribution in [-0.2, 0) is 14.9 Å². The molecule has 8 nitrogen and oxygen atoms in total. The van der Waals surface area contributed by atoms with E-state index < -0.39 is 5.91 Å². The minimum atomic E-state index is -0.438. The van der Waals surface area contributed by atoms with Gasteiger partial charge in [0, 0.05) is 41.5 Å². The number of aromatic nitrogens is 2. The quantitative estimate of drug-likeness (QED) is 0.209. The van der Waals surface area contributed by atoms with Gasteiger partial charge in [0.2, 0.25) is 0 Å². The molecule has 0 unspecified atom stereocenters. The van der Waals surface area contributed by atoms with Crippen molar-refractivity contribution in [1.29, 1.82) is 0 Å². The van der Waals surface area contributed by atoms with Crippen LogP contribution in [0.25, 0.3) is 22.0 Å². The Bertz CT molecular complexity index is 1540. The smallest absolute Gasteiger partial charge is 0.261 e. The van der Waals surface area contributed by atoms with Gasteiger partial charge in [0.15, 0.2) is 0 Å². The topological polar surface area (TPSA) is 88.8 Å². The molecule has 0 bridgehead atoms. The maximum atomic E-state index is 13.7. The zero-order chi connectivity index (χ0) is 29.0. The maximum Gasteiger partial charge on any atom is 0.261 e. The molecule has 0 radical (unpaired) electrons. The van der Waals surface area contributed by atoms with Crippen LogP contribution in [0.1, 0.15) is 37.7 Å². The number of fused-ring (bicyclic) bond motifs is 1. The average Bonchev–Trinajstić information content (AvgIpc) is 3.41. The number of aliphatic hydroxyl groups excluding tert-OH is 1. The number of nitrogens with one attached hydrogen (secondary N) is 1. The number of aliphatic hydroxyl groups is 1. The molecule has 2 heterocycles. The normalized spacial score (nSPS) is 14.8. The first-order valence-corrected chi connectivity index (χ1v) is 14.0. The maximum absolute atomic E-state index is 13.7. The summed E-state index contributed by atoms with van der Waals surface area (Å²) in [7, 11) is 0. The third kappa shape index (κ3) is 6.45. The molecule has 1 amide bonds. The number of hydrogen-bond donors (Lipinski definition) is 2.